The lowest BCUT2D eigenvalue weighted by molar-refractivity contribution is 0.533. The molecular weight excluding hydrogens is 206 g/mol. The second-order valence-electron chi connectivity index (χ2n) is 4.20. The molecule has 1 unspecified atom stereocenters. The third-order valence-corrected chi connectivity index (χ3v) is 4.26. The molecule has 15 heavy (non-hydrogen) atoms. The first-order chi connectivity index (χ1) is 7.29. The van der Waals surface area contributed by atoms with Crippen molar-refractivity contribution in [2.24, 2.45) is 0 Å². The Hall–Kier alpha value is -0.610. The van der Waals surface area contributed by atoms with Crippen molar-refractivity contribution >= 4 is 11.8 Å². The molecule has 0 aliphatic carbocycles. The minimum atomic E-state index is 0.433. The van der Waals surface area contributed by atoms with Gasteiger partial charge in [-0.2, -0.15) is 11.8 Å². The largest absolute Gasteiger partial charge is 0.310 e. The van der Waals surface area contributed by atoms with Crippen molar-refractivity contribution in [3.8, 4) is 0 Å². The Bertz CT molecular complexity index is 296. The Balaban J connectivity index is 1.75. The fourth-order valence-corrected chi connectivity index (χ4v) is 3.13. The molecule has 82 valence electrons. The van der Waals surface area contributed by atoms with Gasteiger partial charge in [-0.3, -0.25) is 9.97 Å². The Kier molecular flexibility index (Phi) is 3.59. The topological polar surface area (TPSA) is 37.8 Å². The van der Waals surface area contributed by atoms with E-state index in [2.05, 4.69) is 34.0 Å². The van der Waals surface area contributed by atoms with E-state index in [1.165, 1.54) is 18.6 Å². The lowest BCUT2D eigenvalue weighted by atomic mass is 10.1. The summed E-state index contributed by atoms with van der Waals surface area (Å²) >= 11 is 2.08. The Labute approximate surface area is 95.1 Å². The molecule has 0 radical (unpaired) electrons. The highest BCUT2D eigenvalue weighted by molar-refractivity contribution is 8.00. The summed E-state index contributed by atoms with van der Waals surface area (Å²) in [5.41, 5.74) is 1.02. The van der Waals surface area contributed by atoms with Crippen molar-refractivity contribution in [2.45, 2.75) is 31.1 Å². The van der Waals surface area contributed by atoms with Crippen molar-refractivity contribution in [3.63, 3.8) is 0 Å². The predicted molar refractivity (Wildman–Crippen MR) is 63.8 cm³/mol. The van der Waals surface area contributed by atoms with Crippen LogP contribution >= 0.6 is 11.8 Å². The van der Waals surface area contributed by atoms with Crippen molar-refractivity contribution < 1.29 is 0 Å². The predicted octanol–water partition coefficient (Wildman–Crippen LogP) is 1.85. The fraction of sp³-hybridized carbons (Fsp3) is 0.636. The van der Waals surface area contributed by atoms with Crippen LogP contribution in [0, 0.1) is 0 Å². The van der Waals surface area contributed by atoms with Gasteiger partial charge in [0.05, 0.1) is 5.69 Å². The maximum absolute atomic E-state index is 4.23. The third-order valence-electron chi connectivity index (χ3n) is 2.72. The van der Waals surface area contributed by atoms with Crippen LogP contribution in [0.4, 0.5) is 0 Å². The second kappa shape index (κ2) is 4.94. The summed E-state index contributed by atoms with van der Waals surface area (Å²) in [7, 11) is 0. The number of thioether (sulfide) groups is 1. The standard InChI is InChI=1S/C11H17N3S/c1-11(3-2-6-15-11)9-13-8-10-7-12-4-5-14-10/h4-5,7,13H,2-3,6,8-9H2,1H3. The zero-order valence-electron chi connectivity index (χ0n) is 9.07. The number of nitrogens with zero attached hydrogens (tertiary/aromatic N) is 2. The quantitative estimate of drug-likeness (QED) is 0.845. The van der Waals surface area contributed by atoms with Gasteiger partial charge in [-0.25, -0.2) is 0 Å². The van der Waals surface area contributed by atoms with Crippen LogP contribution in [0.2, 0.25) is 0 Å². The molecule has 0 amide bonds. The Morgan fingerprint density at radius 3 is 3.13 bits per heavy atom. The minimum absolute atomic E-state index is 0.433. The fourth-order valence-electron chi connectivity index (χ4n) is 1.85. The highest BCUT2D eigenvalue weighted by Crippen LogP contribution is 2.36. The Morgan fingerprint density at radius 2 is 2.47 bits per heavy atom. The summed E-state index contributed by atoms with van der Waals surface area (Å²) in [5, 5.41) is 3.46. The van der Waals surface area contributed by atoms with Crippen molar-refractivity contribution in [1.29, 1.82) is 0 Å². The lowest BCUT2D eigenvalue weighted by Crippen LogP contribution is -2.32. The van der Waals surface area contributed by atoms with E-state index in [4.69, 9.17) is 0 Å². The molecule has 1 aromatic rings. The van der Waals surface area contributed by atoms with E-state index in [-0.39, 0.29) is 0 Å². The number of hydrogen-bond acceptors (Lipinski definition) is 4. The number of nitrogens with one attached hydrogen (secondary N) is 1. The van der Waals surface area contributed by atoms with Gasteiger partial charge in [-0.1, -0.05) is 0 Å². The van der Waals surface area contributed by atoms with E-state index in [9.17, 15) is 0 Å². The molecule has 0 spiro atoms. The highest BCUT2D eigenvalue weighted by atomic mass is 32.2. The number of aromatic nitrogens is 2. The molecule has 0 bridgehead atoms. The van der Waals surface area contributed by atoms with E-state index in [1.807, 2.05) is 6.20 Å². The van der Waals surface area contributed by atoms with Crippen LogP contribution < -0.4 is 5.32 Å². The molecule has 1 N–H and O–H groups in total. The molecule has 2 rings (SSSR count). The van der Waals surface area contributed by atoms with Gasteiger partial charge in [0.2, 0.25) is 0 Å². The first kappa shape index (κ1) is 10.9. The molecular formula is C11H17N3S. The van der Waals surface area contributed by atoms with E-state index < -0.39 is 0 Å². The molecule has 1 aliphatic rings. The van der Waals surface area contributed by atoms with Crippen LogP contribution in [0.25, 0.3) is 0 Å². The maximum Gasteiger partial charge on any atom is 0.0724 e. The van der Waals surface area contributed by atoms with E-state index >= 15 is 0 Å². The molecule has 0 aromatic carbocycles. The van der Waals surface area contributed by atoms with E-state index in [1.54, 1.807) is 12.4 Å². The first-order valence-corrected chi connectivity index (χ1v) is 6.37. The van der Waals surface area contributed by atoms with Crippen LogP contribution in [0.1, 0.15) is 25.5 Å². The molecule has 1 aliphatic heterocycles. The smallest absolute Gasteiger partial charge is 0.0724 e. The van der Waals surface area contributed by atoms with Crippen molar-refractivity contribution in [3.05, 3.63) is 24.3 Å². The number of hydrogen-bond donors (Lipinski definition) is 1. The molecule has 0 saturated carbocycles. The molecule has 2 heterocycles. The summed E-state index contributed by atoms with van der Waals surface area (Å²) in [6, 6.07) is 0. The van der Waals surface area contributed by atoms with Gasteiger partial charge in [0.15, 0.2) is 0 Å². The van der Waals surface area contributed by atoms with E-state index in [0.29, 0.717) is 4.75 Å². The minimum Gasteiger partial charge on any atom is -0.310 e. The normalized spacial score (nSPS) is 25.7. The van der Waals surface area contributed by atoms with Crippen LogP contribution in [-0.4, -0.2) is 27.0 Å². The summed E-state index contributed by atoms with van der Waals surface area (Å²) in [6.07, 6.45) is 7.94. The van der Waals surface area contributed by atoms with Crippen LogP contribution in [0.15, 0.2) is 18.6 Å². The first-order valence-electron chi connectivity index (χ1n) is 5.38. The van der Waals surface area contributed by atoms with Gasteiger partial charge in [-0.15, -0.1) is 0 Å². The summed E-state index contributed by atoms with van der Waals surface area (Å²) < 4.78 is 0.433. The molecule has 1 saturated heterocycles. The lowest BCUT2D eigenvalue weighted by Gasteiger charge is -2.22. The van der Waals surface area contributed by atoms with Gasteiger partial charge in [-0.05, 0) is 25.5 Å². The molecule has 4 heteroatoms. The zero-order chi connectivity index (χ0) is 10.6. The van der Waals surface area contributed by atoms with E-state index in [0.717, 1.165) is 18.8 Å². The van der Waals surface area contributed by atoms with Crippen LogP contribution in [0.5, 0.6) is 0 Å². The van der Waals surface area contributed by atoms with Gasteiger partial charge in [0.1, 0.15) is 0 Å². The maximum atomic E-state index is 4.23. The van der Waals surface area contributed by atoms with Gasteiger partial charge >= 0.3 is 0 Å². The molecule has 3 nitrogen and oxygen atoms in total. The summed E-state index contributed by atoms with van der Waals surface area (Å²) in [5.74, 6) is 1.31. The van der Waals surface area contributed by atoms with Crippen LogP contribution in [0.3, 0.4) is 0 Å². The highest BCUT2D eigenvalue weighted by Gasteiger charge is 2.28. The van der Waals surface area contributed by atoms with Crippen molar-refractivity contribution in [1.82, 2.24) is 15.3 Å². The molecule has 1 aromatic heterocycles. The molecule has 1 fully saturated rings. The summed E-state index contributed by atoms with van der Waals surface area (Å²) in [6.45, 7) is 4.23. The van der Waals surface area contributed by atoms with Gasteiger partial charge in [0.25, 0.3) is 0 Å². The third kappa shape index (κ3) is 3.18. The average molecular weight is 223 g/mol. The number of rotatable bonds is 4. The molecule has 1 atom stereocenters. The van der Waals surface area contributed by atoms with Crippen LogP contribution in [-0.2, 0) is 6.54 Å². The zero-order valence-corrected chi connectivity index (χ0v) is 9.89. The average Bonchev–Trinajstić information content (AvgIpc) is 2.67. The van der Waals surface area contributed by atoms with Gasteiger partial charge in [0, 0.05) is 36.4 Å². The summed E-state index contributed by atoms with van der Waals surface area (Å²) in [4.78, 5) is 8.28. The SMILES string of the molecule is CC1(CNCc2cnccn2)CCCS1. The monoisotopic (exact) mass is 223 g/mol. The second-order valence-corrected chi connectivity index (χ2v) is 5.88. The van der Waals surface area contributed by atoms with Gasteiger partial charge < -0.3 is 5.32 Å². The Morgan fingerprint density at radius 1 is 1.53 bits per heavy atom. The van der Waals surface area contributed by atoms with Crippen molar-refractivity contribution in [2.75, 3.05) is 12.3 Å².